The van der Waals surface area contributed by atoms with Gasteiger partial charge in [0.2, 0.25) is 11.8 Å². The van der Waals surface area contributed by atoms with Crippen LogP contribution in [-0.4, -0.2) is 23.2 Å². The van der Waals surface area contributed by atoms with Gasteiger partial charge in [-0.15, -0.1) is 0 Å². The number of alkyl halides is 1. The lowest BCUT2D eigenvalue weighted by molar-refractivity contribution is -0.122. The van der Waals surface area contributed by atoms with Crippen molar-refractivity contribution in [3.8, 4) is 0 Å². The first-order chi connectivity index (χ1) is 12.7. The lowest BCUT2D eigenvalue weighted by Crippen LogP contribution is -2.45. The van der Waals surface area contributed by atoms with Crippen LogP contribution < -0.4 is 9.80 Å². The van der Waals surface area contributed by atoms with Crippen LogP contribution in [-0.2, 0) is 16.1 Å². The smallest absolute Gasteiger partial charge is 0.237 e. The van der Waals surface area contributed by atoms with Gasteiger partial charge in [0.05, 0.1) is 29.2 Å². The predicted octanol–water partition coefficient (Wildman–Crippen LogP) is 4.13. The van der Waals surface area contributed by atoms with Crippen molar-refractivity contribution in [1.82, 2.24) is 0 Å². The summed E-state index contributed by atoms with van der Waals surface area (Å²) in [6.07, 6.45) is 2.70. The Labute approximate surface area is 161 Å². The van der Waals surface area contributed by atoms with E-state index in [0.29, 0.717) is 6.54 Å². The van der Waals surface area contributed by atoms with Crippen molar-refractivity contribution in [1.29, 1.82) is 0 Å². The van der Waals surface area contributed by atoms with Gasteiger partial charge in [0.15, 0.2) is 0 Å². The zero-order valence-electron chi connectivity index (χ0n) is 14.5. The first kappa shape index (κ1) is 17.3. The maximum Gasteiger partial charge on any atom is 0.237 e. The molecule has 0 aromatic heterocycles. The maximum absolute atomic E-state index is 13.4. The molecule has 0 spiro atoms. The molecule has 1 fully saturated rings. The van der Waals surface area contributed by atoms with Crippen LogP contribution in [0.25, 0.3) is 0 Å². The standard InChI is InChI=1S/C21H21BrN2O2/c22-13-20(25)24-17-12-6-9-16(17)21(26)23(14-15-7-2-1-3-8-15)18-10-4-5-11-19(18)24/h1-5,7-8,10-11,16-17H,6,9,12-14H2/t16-,17+/m0/s1. The Morgan fingerprint density at radius 2 is 1.69 bits per heavy atom. The second kappa shape index (κ2) is 7.23. The van der Waals surface area contributed by atoms with E-state index in [2.05, 4.69) is 15.9 Å². The van der Waals surface area contributed by atoms with E-state index in [1.165, 1.54) is 0 Å². The number of benzene rings is 2. The molecule has 1 aliphatic heterocycles. The largest absolute Gasteiger partial charge is 0.306 e. The van der Waals surface area contributed by atoms with E-state index in [4.69, 9.17) is 0 Å². The van der Waals surface area contributed by atoms with Gasteiger partial charge in [0.25, 0.3) is 0 Å². The molecule has 2 aromatic carbocycles. The van der Waals surface area contributed by atoms with Gasteiger partial charge in [-0.1, -0.05) is 64.8 Å². The highest BCUT2D eigenvalue weighted by atomic mass is 79.9. The molecule has 0 unspecified atom stereocenters. The van der Waals surface area contributed by atoms with Gasteiger partial charge in [-0.3, -0.25) is 9.59 Å². The van der Waals surface area contributed by atoms with E-state index in [1.54, 1.807) is 0 Å². The molecule has 0 radical (unpaired) electrons. The second-order valence-electron chi connectivity index (χ2n) is 6.90. The summed E-state index contributed by atoms with van der Waals surface area (Å²) in [4.78, 5) is 29.9. The monoisotopic (exact) mass is 412 g/mol. The number of rotatable bonds is 3. The lowest BCUT2D eigenvalue weighted by Gasteiger charge is -2.30. The quantitative estimate of drug-likeness (QED) is 0.710. The molecule has 2 aliphatic rings. The molecule has 1 heterocycles. The van der Waals surface area contributed by atoms with E-state index in [1.807, 2.05) is 64.4 Å². The van der Waals surface area contributed by atoms with Gasteiger partial charge < -0.3 is 9.80 Å². The highest BCUT2D eigenvalue weighted by Crippen LogP contribution is 2.43. The van der Waals surface area contributed by atoms with Gasteiger partial charge in [-0.05, 0) is 30.5 Å². The minimum atomic E-state index is -0.130. The van der Waals surface area contributed by atoms with Crippen LogP contribution in [0.5, 0.6) is 0 Å². The first-order valence-electron chi connectivity index (χ1n) is 9.03. The van der Waals surface area contributed by atoms with Crippen LogP contribution in [0.15, 0.2) is 54.6 Å². The van der Waals surface area contributed by atoms with E-state index in [9.17, 15) is 9.59 Å². The Morgan fingerprint density at radius 3 is 2.42 bits per heavy atom. The summed E-state index contributed by atoms with van der Waals surface area (Å²) in [5.41, 5.74) is 2.76. The van der Waals surface area contributed by atoms with Crippen LogP contribution in [0.1, 0.15) is 24.8 Å². The number of anilines is 2. The number of carbonyl (C=O) groups is 2. The van der Waals surface area contributed by atoms with E-state index >= 15 is 0 Å². The van der Waals surface area contributed by atoms with Crippen molar-refractivity contribution < 1.29 is 9.59 Å². The molecule has 26 heavy (non-hydrogen) atoms. The number of amides is 2. The molecule has 1 aliphatic carbocycles. The molecule has 2 amide bonds. The fourth-order valence-electron chi connectivity index (χ4n) is 4.24. The third-order valence-corrected chi connectivity index (χ3v) is 5.87. The van der Waals surface area contributed by atoms with Gasteiger partial charge in [-0.25, -0.2) is 0 Å². The summed E-state index contributed by atoms with van der Waals surface area (Å²) >= 11 is 3.32. The number of para-hydroxylation sites is 2. The third kappa shape index (κ3) is 2.94. The van der Waals surface area contributed by atoms with Gasteiger partial charge in [0, 0.05) is 6.04 Å². The third-order valence-electron chi connectivity index (χ3n) is 5.39. The first-order valence-corrected chi connectivity index (χ1v) is 10.1. The summed E-state index contributed by atoms with van der Waals surface area (Å²) in [6.45, 7) is 0.524. The molecule has 0 bridgehead atoms. The normalized spacial score (nSPS) is 22.0. The summed E-state index contributed by atoms with van der Waals surface area (Å²) in [6, 6.07) is 17.8. The highest BCUT2D eigenvalue weighted by Gasteiger charge is 2.45. The van der Waals surface area contributed by atoms with E-state index in [-0.39, 0.29) is 29.1 Å². The van der Waals surface area contributed by atoms with Gasteiger partial charge in [0.1, 0.15) is 0 Å². The van der Waals surface area contributed by atoms with Crippen molar-refractivity contribution in [2.45, 2.75) is 31.8 Å². The van der Waals surface area contributed by atoms with Crippen molar-refractivity contribution in [3.63, 3.8) is 0 Å². The van der Waals surface area contributed by atoms with Crippen molar-refractivity contribution in [3.05, 3.63) is 60.2 Å². The number of carbonyl (C=O) groups excluding carboxylic acids is 2. The number of nitrogens with zero attached hydrogens (tertiary/aromatic N) is 2. The van der Waals surface area contributed by atoms with Crippen LogP contribution in [0, 0.1) is 5.92 Å². The van der Waals surface area contributed by atoms with Gasteiger partial charge in [-0.2, -0.15) is 0 Å². The fraction of sp³-hybridized carbons (Fsp3) is 0.333. The number of hydrogen-bond donors (Lipinski definition) is 0. The zero-order valence-corrected chi connectivity index (χ0v) is 16.1. The molecule has 0 saturated heterocycles. The number of hydrogen-bond acceptors (Lipinski definition) is 2. The average Bonchev–Trinajstić information content (AvgIpc) is 3.13. The second-order valence-corrected chi connectivity index (χ2v) is 7.46. The zero-order chi connectivity index (χ0) is 18.1. The molecule has 4 nitrogen and oxygen atoms in total. The minimum Gasteiger partial charge on any atom is -0.306 e. The molecule has 1 saturated carbocycles. The van der Waals surface area contributed by atoms with Crippen LogP contribution in [0.2, 0.25) is 0 Å². The predicted molar refractivity (Wildman–Crippen MR) is 106 cm³/mol. The van der Waals surface area contributed by atoms with Crippen molar-refractivity contribution in [2.75, 3.05) is 15.1 Å². The average molecular weight is 413 g/mol. The van der Waals surface area contributed by atoms with Crippen LogP contribution >= 0.6 is 15.9 Å². The number of halogens is 1. The van der Waals surface area contributed by atoms with E-state index < -0.39 is 0 Å². The summed E-state index contributed by atoms with van der Waals surface area (Å²) in [5, 5.41) is 0.261. The fourth-order valence-corrected chi connectivity index (χ4v) is 4.51. The highest BCUT2D eigenvalue weighted by molar-refractivity contribution is 9.09. The maximum atomic E-state index is 13.4. The summed E-state index contributed by atoms with van der Waals surface area (Å²) < 4.78 is 0. The summed E-state index contributed by atoms with van der Waals surface area (Å²) in [5.74, 6) is 0.0199. The number of fused-ring (bicyclic) bond motifs is 2. The molecule has 4 rings (SSSR count). The SMILES string of the molecule is O=C1[C@H]2CCC[C@H]2N(C(=O)CBr)c2ccccc2N1Cc1ccccc1. The molecule has 5 heteroatoms. The topological polar surface area (TPSA) is 40.6 Å². The van der Waals surface area contributed by atoms with Crippen LogP contribution in [0.4, 0.5) is 11.4 Å². The minimum absolute atomic E-state index is 0.0173. The van der Waals surface area contributed by atoms with Crippen molar-refractivity contribution in [2.24, 2.45) is 5.92 Å². The Hall–Kier alpha value is -2.14. The Kier molecular flexibility index (Phi) is 4.81. The molecule has 2 aromatic rings. The molecular formula is C21H21BrN2O2. The molecule has 2 atom stereocenters. The lowest BCUT2D eigenvalue weighted by atomic mass is 10.0. The van der Waals surface area contributed by atoms with Crippen LogP contribution in [0.3, 0.4) is 0 Å². The molecule has 134 valence electrons. The van der Waals surface area contributed by atoms with Gasteiger partial charge >= 0.3 is 0 Å². The van der Waals surface area contributed by atoms with Crippen molar-refractivity contribution >= 4 is 39.1 Å². The Bertz CT molecular complexity index is 824. The molecule has 0 N–H and O–H groups in total. The van der Waals surface area contributed by atoms with E-state index in [0.717, 1.165) is 36.2 Å². The summed E-state index contributed by atoms with van der Waals surface area (Å²) in [7, 11) is 0. The Morgan fingerprint density at radius 1 is 1.00 bits per heavy atom. The molecular weight excluding hydrogens is 392 g/mol. The Balaban J connectivity index is 1.83.